The number of carbonyl (C=O) groups is 3. The van der Waals surface area contributed by atoms with Gasteiger partial charge in [-0.15, -0.1) is 0 Å². The van der Waals surface area contributed by atoms with Gasteiger partial charge in [0.1, 0.15) is 18.1 Å². The van der Waals surface area contributed by atoms with Gasteiger partial charge in [-0.25, -0.2) is 8.78 Å². The van der Waals surface area contributed by atoms with Crippen LogP contribution in [-0.2, 0) is 14.4 Å². The van der Waals surface area contributed by atoms with E-state index < -0.39 is 58.9 Å². The van der Waals surface area contributed by atoms with Crippen molar-refractivity contribution >= 4 is 17.7 Å². The van der Waals surface area contributed by atoms with Gasteiger partial charge in [0.15, 0.2) is 11.6 Å². The fourth-order valence-electron chi connectivity index (χ4n) is 6.05. The SMILES string of the molecule is CC(C#N)C[C@@H]1C(=O)N[C@H](C2CC3=CC=CC(C)C3C2)C(=O)N1[C@@H](C(=O)NC(C)(C)C)c1ccc(F)c(F)c1. The molecule has 39 heavy (non-hydrogen) atoms. The van der Waals surface area contributed by atoms with Crippen molar-refractivity contribution in [2.24, 2.45) is 23.7 Å². The van der Waals surface area contributed by atoms with Crippen LogP contribution in [0.4, 0.5) is 8.78 Å². The van der Waals surface area contributed by atoms with Crippen molar-refractivity contribution in [1.82, 2.24) is 15.5 Å². The van der Waals surface area contributed by atoms with E-state index in [-0.39, 0.29) is 23.8 Å². The van der Waals surface area contributed by atoms with Crippen LogP contribution in [0, 0.1) is 46.6 Å². The molecule has 7 nitrogen and oxygen atoms in total. The smallest absolute Gasteiger partial charge is 0.247 e. The summed E-state index contributed by atoms with van der Waals surface area (Å²) in [5.41, 5.74) is 0.569. The van der Waals surface area contributed by atoms with E-state index in [1.165, 1.54) is 16.5 Å². The van der Waals surface area contributed by atoms with Crippen LogP contribution in [-0.4, -0.2) is 40.2 Å². The number of rotatable bonds is 6. The van der Waals surface area contributed by atoms with Crippen molar-refractivity contribution < 1.29 is 23.2 Å². The Kier molecular flexibility index (Phi) is 7.97. The van der Waals surface area contributed by atoms with E-state index >= 15 is 0 Å². The van der Waals surface area contributed by atoms with Crippen LogP contribution in [0.1, 0.15) is 65.5 Å². The number of nitriles is 1. The van der Waals surface area contributed by atoms with Crippen molar-refractivity contribution in [3.63, 3.8) is 0 Å². The molecule has 9 heteroatoms. The zero-order valence-electron chi connectivity index (χ0n) is 23.0. The van der Waals surface area contributed by atoms with Crippen LogP contribution in [0.3, 0.4) is 0 Å². The number of halogens is 2. The summed E-state index contributed by atoms with van der Waals surface area (Å²) < 4.78 is 28.3. The van der Waals surface area contributed by atoms with E-state index in [1.807, 2.05) is 6.08 Å². The quantitative estimate of drug-likeness (QED) is 0.563. The number of nitrogens with zero attached hydrogens (tertiary/aromatic N) is 2. The molecule has 4 rings (SSSR count). The predicted molar refractivity (Wildman–Crippen MR) is 142 cm³/mol. The third-order valence-corrected chi connectivity index (χ3v) is 7.90. The molecule has 3 amide bonds. The molecular formula is C30H36F2N4O3. The van der Waals surface area contributed by atoms with Crippen molar-refractivity contribution in [3.05, 3.63) is 59.2 Å². The van der Waals surface area contributed by atoms with E-state index in [2.05, 4.69) is 35.8 Å². The first kappa shape index (κ1) is 28.5. The first-order valence-corrected chi connectivity index (χ1v) is 13.5. The fraction of sp³-hybridized carbons (Fsp3) is 0.533. The maximum atomic E-state index is 14.4. The number of piperazine rings is 1. The number of amides is 3. The van der Waals surface area contributed by atoms with Gasteiger partial charge >= 0.3 is 0 Å². The summed E-state index contributed by atoms with van der Waals surface area (Å²) in [6.45, 7) is 9.04. The van der Waals surface area contributed by atoms with Crippen LogP contribution >= 0.6 is 0 Å². The Labute approximate surface area is 228 Å². The normalized spacial score (nSPS) is 28.2. The summed E-state index contributed by atoms with van der Waals surface area (Å²) in [5.74, 6) is -4.02. The first-order chi connectivity index (χ1) is 18.3. The number of carbonyl (C=O) groups excluding carboxylic acids is 3. The maximum Gasteiger partial charge on any atom is 0.247 e. The van der Waals surface area contributed by atoms with Crippen molar-refractivity contribution in [2.45, 2.75) is 77.5 Å². The van der Waals surface area contributed by atoms with Gasteiger partial charge in [-0.1, -0.05) is 36.8 Å². The first-order valence-electron chi connectivity index (χ1n) is 13.5. The lowest BCUT2D eigenvalue weighted by Crippen LogP contribution is -2.67. The number of nitrogens with one attached hydrogen (secondary N) is 2. The standard InChI is InChI=1S/C30H36F2N4O3/c1-16(15-33)11-24-27(37)34-25(20-12-18-8-6-7-17(2)21(18)13-20)29(39)36(24)26(28(38)35-30(3,4)5)19-9-10-22(31)23(32)14-19/h6-10,14,16-17,20-21,24-26H,11-13H2,1-5H3,(H,34,37)(H,35,38)/t16?,17?,20?,21?,24-,25-,26-/m1/s1. The summed E-state index contributed by atoms with van der Waals surface area (Å²) in [7, 11) is 0. The molecule has 2 fully saturated rings. The highest BCUT2D eigenvalue weighted by molar-refractivity contribution is 6.00. The Morgan fingerprint density at radius 1 is 1.26 bits per heavy atom. The molecule has 2 N–H and O–H groups in total. The van der Waals surface area contributed by atoms with Crippen LogP contribution in [0.15, 0.2) is 42.0 Å². The van der Waals surface area contributed by atoms with Crippen molar-refractivity contribution in [3.8, 4) is 6.07 Å². The highest BCUT2D eigenvalue weighted by atomic mass is 19.2. The molecule has 1 aromatic rings. The summed E-state index contributed by atoms with van der Waals surface area (Å²) >= 11 is 0. The van der Waals surface area contributed by atoms with E-state index in [4.69, 9.17) is 0 Å². The van der Waals surface area contributed by atoms with Gasteiger partial charge in [-0.3, -0.25) is 14.4 Å². The van der Waals surface area contributed by atoms with Crippen LogP contribution in [0.25, 0.3) is 0 Å². The van der Waals surface area contributed by atoms with Crippen LogP contribution < -0.4 is 10.6 Å². The Balaban J connectivity index is 1.78. The van der Waals surface area contributed by atoms with Gasteiger partial charge in [-0.2, -0.15) is 5.26 Å². The number of allylic oxidation sites excluding steroid dienone is 4. The third kappa shape index (κ3) is 5.90. The van der Waals surface area contributed by atoms with E-state index in [1.54, 1.807) is 27.7 Å². The van der Waals surface area contributed by atoms with E-state index in [0.717, 1.165) is 12.1 Å². The zero-order valence-corrected chi connectivity index (χ0v) is 23.0. The second-order valence-corrected chi connectivity index (χ2v) is 12.1. The molecule has 0 spiro atoms. The molecule has 1 saturated heterocycles. The second kappa shape index (κ2) is 10.9. The average molecular weight is 539 g/mol. The second-order valence-electron chi connectivity index (χ2n) is 12.1. The molecule has 7 atom stereocenters. The number of benzene rings is 1. The Morgan fingerprint density at radius 2 is 1.97 bits per heavy atom. The van der Waals surface area contributed by atoms with E-state index in [0.29, 0.717) is 18.8 Å². The molecule has 3 aliphatic rings. The molecule has 1 saturated carbocycles. The zero-order chi connectivity index (χ0) is 28.6. The summed E-state index contributed by atoms with van der Waals surface area (Å²) in [5, 5.41) is 15.2. The Hall–Kier alpha value is -3.54. The number of fused-ring (bicyclic) bond motifs is 1. The minimum Gasteiger partial charge on any atom is -0.349 e. The lowest BCUT2D eigenvalue weighted by atomic mass is 9.84. The van der Waals surface area contributed by atoms with Gasteiger partial charge in [0.2, 0.25) is 17.7 Å². The van der Waals surface area contributed by atoms with E-state index in [9.17, 15) is 28.4 Å². The minimum absolute atomic E-state index is 0.0107. The third-order valence-electron chi connectivity index (χ3n) is 7.90. The highest BCUT2D eigenvalue weighted by Crippen LogP contribution is 2.45. The minimum atomic E-state index is -1.40. The van der Waals surface area contributed by atoms with Gasteiger partial charge in [0, 0.05) is 11.5 Å². The molecule has 0 radical (unpaired) electrons. The van der Waals surface area contributed by atoms with Gasteiger partial charge in [0.05, 0.1) is 6.07 Å². The maximum absolute atomic E-state index is 14.4. The molecule has 4 unspecified atom stereocenters. The van der Waals surface area contributed by atoms with Gasteiger partial charge in [0.25, 0.3) is 0 Å². The predicted octanol–water partition coefficient (Wildman–Crippen LogP) is 4.32. The largest absolute Gasteiger partial charge is 0.349 e. The van der Waals surface area contributed by atoms with Gasteiger partial charge < -0.3 is 15.5 Å². The lowest BCUT2D eigenvalue weighted by Gasteiger charge is -2.45. The molecular weight excluding hydrogens is 502 g/mol. The molecule has 0 aromatic heterocycles. The van der Waals surface area contributed by atoms with Gasteiger partial charge in [-0.05, 0) is 82.4 Å². The fourth-order valence-corrected chi connectivity index (χ4v) is 6.05. The monoisotopic (exact) mass is 538 g/mol. The molecule has 1 aromatic carbocycles. The molecule has 1 heterocycles. The summed E-state index contributed by atoms with van der Waals surface area (Å²) in [4.78, 5) is 42.9. The van der Waals surface area contributed by atoms with Crippen LogP contribution in [0.5, 0.6) is 0 Å². The summed E-state index contributed by atoms with van der Waals surface area (Å²) in [6, 6.07) is 1.71. The Morgan fingerprint density at radius 3 is 2.59 bits per heavy atom. The van der Waals surface area contributed by atoms with Crippen LogP contribution in [0.2, 0.25) is 0 Å². The Bertz CT molecular complexity index is 1260. The van der Waals surface area contributed by atoms with Crippen molar-refractivity contribution in [2.75, 3.05) is 0 Å². The lowest BCUT2D eigenvalue weighted by molar-refractivity contribution is -0.158. The van der Waals surface area contributed by atoms with Crippen molar-refractivity contribution in [1.29, 1.82) is 5.26 Å². The highest BCUT2D eigenvalue weighted by Gasteiger charge is 2.51. The number of hydrogen-bond acceptors (Lipinski definition) is 4. The molecule has 1 aliphatic heterocycles. The average Bonchev–Trinajstić information content (AvgIpc) is 3.29. The molecule has 208 valence electrons. The topological polar surface area (TPSA) is 102 Å². The number of hydrogen-bond donors (Lipinski definition) is 2. The summed E-state index contributed by atoms with van der Waals surface area (Å²) in [6.07, 6.45) is 7.53. The molecule has 2 aliphatic carbocycles. The molecule has 0 bridgehead atoms.